The van der Waals surface area contributed by atoms with Crippen LogP contribution in [0.15, 0.2) is 24.3 Å². The Kier molecular flexibility index (Phi) is 6.96. The molecule has 2 rings (SSSR count). The Morgan fingerprint density at radius 3 is 2.70 bits per heavy atom. The largest absolute Gasteiger partial charge is 0.341 e. The highest BCUT2D eigenvalue weighted by atomic mass is 35.5. The van der Waals surface area contributed by atoms with Gasteiger partial charge in [-0.25, -0.2) is 4.39 Å². The topological polar surface area (TPSA) is 32.3 Å². The van der Waals surface area contributed by atoms with E-state index < -0.39 is 0 Å². The fourth-order valence-electron chi connectivity index (χ4n) is 2.43. The molecule has 0 spiro atoms. The summed E-state index contributed by atoms with van der Waals surface area (Å²) in [5, 5.41) is 3.31. The summed E-state index contributed by atoms with van der Waals surface area (Å²) in [6.07, 6.45) is 2.73. The van der Waals surface area contributed by atoms with Crippen LogP contribution in [0.5, 0.6) is 0 Å². The number of amides is 1. The van der Waals surface area contributed by atoms with Gasteiger partial charge < -0.3 is 10.2 Å². The van der Waals surface area contributed by atoms with E-state index in [2.05, 4.69) is 5.32 Å². The summed E-state index contributed by atoms with van der Waals surface area (Å²) in [7, 11) is 1.80. The van der Waals surface area contributed by atoms with Gasteiger partial charge in [0.05, 0.1) is 0 Å². The fraction of sp³-hybridized carbons (Fsp3) is 0.533. The van der Waals surface area contributed by atoms with E-state index in [-0.39, 0.29) is 24.1 Å². The van der Waals surface area contributed by atoms with E-state index in [1.807, 2.05) is 0 Å². The smallest absolute Gasteiger partial charge is 0.222 e. The molecule has 1 saturated heterocycles. The van der Waals surface area contributed by atoms with Gasteiger partial charge in [-0.05, 0) is 49.5 Å². The van der Waals surface area contributed by atoms with Crippen molar-refractivity contribution in [1.82, 2.24) is 10.2 Å². The molecule has 1 aromatic carbocycles. The Labute approximate surface area is 125 Å². The lowest BCUT2D eigenvalue weighted by molar-refractivity contribution is -0.130. The van der Waals surface area contributed by atoms with E-state index in [0.717, 1.165) is 25.1 Å². The van der Waals surface area contributed by atoms with Crippen LogP contribution in [0.1, 0.15) is 24.8 Å². The van der Waals surface area contributed by atoms with Gasteiger partial charge >= 0.3 is 0 Å². The second kappa shape index (κ2) is 8.22. The molecule has 5 heteroatoms. The van der Waals surface area contributed by atoms with Crippen molar-refractivity contribution in [2.24, 2.45) is 5.92 Å². The van der Waals surface area contributed by atoms with Crippen molar-refractivity contribution in [3.05, 3.63) is 35.6 Å². The average Bonchev–Trinajstić information content (AvgIpc) is 2.91. The molecule has 0 radical (unpaired) electrons. The third-order valence-corrected chi connectivity index (χ3v) is 3.69. The van der Waals surface area contributed by atoms with Crippen molar-refractivity contribution >= 4 is 18.3 Å². The minimum absolute atomic E-state index is 0. The second-order valence-electron chi connectivity index (χ2n) is 5.27. The molecule has 1 aliphatic rings. The van der Waals surface area contributed by atoms with E-state index in [4.69, 9.17) is 0 Å². The van der Waals surface area contributed by atoms with Gasteiger partial charge in [-0.3, -0.25) is 4.79 Å². The summed E-state index contributed by atoms with van der Waals surface area (Å²) < 4.78 is 12.8. The van der Waals surface area contributed by atoms with Gasteiger partial charge in [0.2, 0.25) is 5.91 Å². The fourth-order valence-corrected chi connectivity index (χ4v) is 2.43. The van der Waals surface area contributed by atoms with Crippen LogP contribution < -0.4 is 5.32 Å². The molecule has 1 aromatic rings. The van der Waals surface area contributed by atoms with Gasteiger partial charge in [0.25, 0.3) is 0 Å². The quantitative estimate of drug-likeness (QED) is 0.906. The molecule has 1 aliphatic heterocycles. The van der Waals surface area contributed by atoms with Gasteiger partial charge in [-0.15, -0.1) is 12.4 Å². The van der Waals surface area contributed by atoms with Crippen molar-refractivity contribution < 1.29 is 9.18 Å². The number of carbonyl (C=O) groups is 1. The Morgan fingerprint density at radius 2 is 2.10 bits per heavy atom. The molecule has 1 unspecified atom stereocenters. The highest BCUT2D eigenvalue weighted by molar-refractivity contribution is 5.85. The van der Waals surface area contributed by atoms with Gasteiger partial charge in [0.1, 0.15) is 5.82 Å². The number of hydrogen-bond donors (Lipinski definition) is 1. The molecule has 0 aliphatic carbocycles. The lowest BCUT2D eigenvalue weighted by Crippen LogP contribution is -2.26. The molecule has 0 saturated carbocycles. The summed E-state index contributed by atoms with van der Waals surface area (Å²) >= 11 is 0. The third kappa shape index (κ3) is 5.10. The van der Waals surface area contributed by atoms with Crippen LogP contribution in [0.4, 0.5) is 4.39 Å². The highest BCUT2D eigenvalue weighted by Gasteiger charge is 2.17. The van der Waals surface area contributed by atoms with Crippen molar-refractivity contribution in [1.29, 1.82) is 0 Å². The zero-order chi connectivity index (χ0) is 13.7. The second-order valence-corrected chi connectivity index (χ2v) is 5.27. The maximum atomic E-state index is 12.8. The Morgan fingerprint density at radius 1 is 1.40 bits per heavy atom. The van der Waals surface area contributed by atoms with Crippen LogP contribution in [0.2, 0.25) is 0 Å². The molecule has 1 amide bonds. The first kappa shape index (κ1) is 16.9. The maximum absolute atomic E-state index is 12.8. The van der Waals surface area contributed by atoms with Crippen molar-refractivity contribution in [2.75, 3.05) is 20.1 Å². The van der Waals surface area contributed by atoms with Crippen LogP contribution >= 0.6 is 12.4 Å². The number of halogens is 2. The van der Waals surface area contributed by atoms with Crippen LogP contribution in [0.25, 0.3) is 0 Å². The van der Waals surface area contributed by atoms with E-state index in [1.165, 1.54) is 18.6 Å². The number of rotatable bonds is 5. The molecule has 20 heavy (non-hydrogen) atoms. The number of nitrogens with zero attached hydrogens (tertiary/aromatic N) is 1. The Bertz CT molecular complexity index is 418. The standard InChI is InChI=1S/C15H21FN2O.ClH/c1-18(11-13-2-5-14(16)6-3-13)15(19)7-4-12-8-9-17-10-12;/h2-3,5-6,12,17H,4,7-11H2,1H3;1H. The van der Waals surface area contributed by atoms with Crippen LogP contribution in [0.3, 0.4) is 0 Å². The summed E-state index contributed by atoms with van der Waals surface area (Å²) in [6.45, 7) is 2.65. The van der Waals surface area contributed by atoms with E-state index in [9.17, 15) is 9.18 Å². The van der Waals surface area contributed by atoms with E-state index in [0.29, 0.717) is 18.9 Å². The third-order valence-electron chi connectivity index (χ3n) is 3.69. The van der Waals surface area contributed by atoms with Gasteiger partial charge in [-0.2, -0.15) is 0 Å². The predicted octanol–water partition coefficient (Wildman–Crippen LogP) is 2.60. The molecule has 1 N–H and O–H groups in total. The first-order valence-corrected chi connectivity index (χ1v) is 6.84. The molecule has 3 nitrogen and oxygen atoms in total. The molecule has 1 heterocycles. The minimum Gasteiger partial charge on any atom is -0.341 e. The molecule has 0 aromatic heterocycles. The SMILES string of the molecule is CN(Cc1ccc(F)cc1)C(=O)CCC1CCNC1.Cl. The van der Waals surface area contributed by atoms with Crippen LogP contribution in [-0.2, 0) is 11.3 Å². The van der Waals surface area contributed by atoms with Gasteiger partial charge in [0, 0.05) is 20.0 Å². The lowest BCUT2D eigenvalue weighted by atomic mass is 10.0. The van der Waals surface area contributed by atoms with Crippen molar-refractivity contribution in [2.45, 2.75) is 25.8 Å². The zero-order valence-electron chi connectivity index (χ0n) is 11.8. The van der Waals surface area contributed by atoms with E-state index in [1.54, 1.807) is 24.1 Å². The molecule has 1 fully saturated rings. The Balaban J connectivity index is 0.00000200. The normalized spacial score (nSPS) is 17.6. The predicted molar refractivity (Wildman–Crippen MR) is 80.3 cm³/mol. The molecule has 112 valence electrons. The molecular weight excluding hydrogens is 279 g/mol. The summed E-state index contributed by atoms with van der Waals surface area (Å²) in [4.78, 5) is 13.7. The van der Waals surface area contributed by atoms with Crippen LogP contribution in [-0.4, -0.2) is 30.9 Å². The summed E-state index contributed by atoms with van der Waals surface area (Å²) in [6, 6.07) is 6.30. The molecular formula is C15H22ClFN2O. The number of nitrogens with one attached hydrogen (secondary N) is 1. The Hall–Kier alpha value is -1.13. The average molecular weight is 301 g/mol. The number of hydrogen-bond acceptors (Lipinski definition) is 2. The highest BCUT2D eigenvalue weighted by Crippen LogP contribution is 2.15. The minimum atomic E-state index is -0.244. The number of carbonyl (C=O) groups excluding carboxylic acids is 1. The lowest BCUT2D eigenvalue weighted by Gasteiger charge is -2.18. The summed E-state index contributed by atoms with van der Waals surface area (Å²) in [5.41, 5.74) is 0.958. The monoisotopic (exact) mass is 300 g/mol. The first-order valence-electron chi connectivity index (χ1n) is 6.84. The summed E-state index contributed by atoms with van der Waals surface area (Å²) in [5.74, 6) is 0.561. The zero-order valence-corrected chi connectivity index (χ0v) is 12.6. The van der Waals surface area contributed by atoms with E-state index >= 15 is 0 Å². The van der Waals surface area contributed by atoms with Gasteiger partial charge in [0.15, 0.2) is 0 Å². The van der Waals surface area contributed by atoms with Gasteiger partial charge in [-0.1, -0.05) is 12.1 Å². The molecule has 0 bridgehead atoms. The first-order chi connectivity index (χ1) is 9.15. The number of benzene rings is 1. The van der Waals surface area contributed by atoms with Crippen LogP contribution in [0, 0.1) is 11.7 Å². The molecule has 1 atom stereocenters. The maximum Gasteiger partial charge on any atom is 0.222 e. The van der Waals surface area contributed by atoms with Crippen molar-refractivity contribution in [3.8, 4) is 0 Å². The van der Waals surface area contributed by atoms with Crippen molar-refractivity contribution in [3.63, 3.8) is 0 Å².